The average molecular weight is 665 g/mol. The maximum absolute atomic E-state index is 10.3. The molecule has 0 aromatic rings. The van der Waals surface area contributed by atoms with Gasteiger partial charge in [0.05, 0.1) is 96.6 Å². The van der Waals surface area contributed by atoms with Gasteiger partial charge in [-0.2, -0.15) is 0 Å². The fraction of sp³-hybridized carbons (Fsp3) is 0.923. The lowest BCUT2D eigenvalue weighted by atomic mass is 10.0. The van der Waals surface area contributed by atoms with Crippen molar-refractivity contribution in [2.75, 3.05) is 92.2 Å². The van der Waals surface area contributed by atoms with Crippen LogP contribution in [0.15, 0.2) is 11.9 Å². The monoisotopic (exact) mass is 664 g/mol. The van der Waals surface area contributed by atoms with E-state index < -0.39 is 81.2 Å². The molecule has 15 N–H and O–H groups in total. The zero-order chi connectivity index (χ0) is 34.4. The lowest BCUT2D eigenvalue weighted by Crippen LogP contribution is -2.53. The largest absolute Gasteiger partial charge is 0.399 e. The highest BCUT2D eigenvalue weighted by molar-refractivity contribution is 4.95. The van der Waals surface area contributed by atoms with E-state index in [1.165, 1.54) is 16.1 Å². The highest BCUT2D eigenvalue weighted by atomic mass is 16.6. The van der Waals surface area contributed by atoms with Crippen LogP contribution < -0.4 is 11.6 Å². The summed E-state index contributed by atoms with van der Waals surface area (Å²) in [6.45, 7) is 1.05. The molecule has 9 atom stereocenters. The summed E-state index contributed by atoms with van der Waals surface area (Å²) in [5, 5.41) is 108. The van der Waals surface area contributed by atoms with Crippen LogP contribution in [0.5, 0.6) is 0 Å². The fourth-order valence-corrected chi connectivity index (χ4v) is 3.78. The second kappa shape index (κ2) is 25.7. The SMILES string of the molecule is C[C@@H](O)CN(N)/C=C(\N)COCCOCCOCCOCCN(C[C@H](O)[C@@H](O)[C@H](O)[C@H](O)CO)C[C@H](O)[C@@H](O)[C@H](O)[C@H](O)CO. The normalized spacial score (nSPS) is 18.7. The minimum atomic E-state index is -1.88. The van der Waals surface area contributed by atoms with E-state index in [0.29, 0.717) is 18.9 Å². The van der Waals surface area contributed by atoms with Crippen LogP contribution in [0.3, 0.4) is 0 Å². The van der Waals surface area contributed by atoms with Gasteiger partial charge in [0.25, 0.3) is 0 Å². The molecular formula is C26H56N4O15. The molecule has 0 spiro atoms. The van der Waals surface area contributed by atoms with E-state index in [1.54, 1.807) is 6.92 Å². The number of ether oxygens (including phenoxy) is 4. The van der Waals surface area contributed by atoms with Gasteiger partial charge < -0.3 is 85.9 Å². The van der Waals surface area contributed by atoms with Gasteiger partial charge >= 0.3 is 0 Å². The predicted octanol–water partition coefficient (Wildman–Crippen LogP) is -7.42. The van der Waals surface area contributed by atoms with E-state index in [9.17, 15) is 46.0 Å². The first kappa shape index (κ1) is 43.7. The van der Waals surface area contributed by atoms with Gasteiger partial charge in [0.15, 0.2) is 0 Å². The van der Waals surface area contributed by atoms with Gasteiger partial charge in [0, 0.05) is 25.8 Å². The molecule has 19 nitrogen and oxygen atoms in total. The zero-order valence-electron chi connectivity index (χ0n) is 25.8. The van der Waals surface area contributed by atoms with Crippen LogP contribution in [0.1, 0.15) is 6.92 Å². The molecule has 0 aliphatic rings. The molecular weight excluding hydrogens is 608 g/mol. The molecule has 0 bridgehead atoms. The summed E-state index contributed by atoms with van der Waals surface area (Å²) in [7, 11) is 0. The number of hydrogen-bond acceptors (Lipinski definition) is 19. The maximum Gasteiger partial charge on any atom is 0.111 e. The van der Waals surface area contributed by atoms with Gasteiger partial charge in [-0.05, 0) is 6.92 Å². The summed E-state index contributed by atoms with van der Waals surface area (Å²) < 4.78 is 21.6. The Morgan fingerprint density at radius 2 is 0.978 bits per heavy atom. The van der Waals surface area contributed by atoms with E-state index in [2.05, 4.69) is 0 Å². The molecule has 0 saturated heterocycles. The molecule has 0 aliphatic heterocycles. The predicted molar refractivity (Wildman–Crippen MR) is 157 cm³/mol. The molecule has 45 heavy (non-hydrogen) atoms. The van der Waals surface area contributed by atoms with Crippen LogP contribution in [0.2, 0.25) is 0 Å². The minimum Gasteiger partial charge on any atom is -0.399 e. The van der Waals surface area contributed by atoms with Crippen LogP contribution in [0.25, 0.3) is 0 Å². The van der Waals surface area contributed by atoms with E-state index in [4.69, 9.17) is 40.7 Å². The number of nitrogens with two attached hydrogens (primary N) is 2. The number of nitrogens with zero attached hydrogens (tertiary/aromatic N) is 2. The second-order valence-electron chi connectivity index (χ2n) is 10.5. The standard InChI is InChI=1S/C26H56N4O15/c1-17(33)10-30(28)11-18(27)16-45-9-8-44-7-6-43-5-4-42-3-2-29(12-19(34)23(38)25(40)21(36)14-31)13-20(35)24(39)26(41)22(37)15-32/h11,17,19-26,31-41H,2-10,12-16,27-28H2,1H3/b18-11-/t17-,19+,20+,21-,22-,23-,24-,25-,26-/m1/s1. The van der Waals surface area contributed by atoms with Crippen molar-refractivity contribution in [3.8, 4) is 0 Å². The molecule has 0 unspecified atom stereocenters. The third-order valence-corrected chi connectivity index (χ3v) is 6.28. The summed E-state index contributed by atoms with van der Waals surface area (Å²) in [4.78, 5) is 1.33. The van der Waals surface area contributed by atoms with Crippen LogP contribution in [-0.4, -0.2) is 213 Å². The molecule has 0 rings (SSSR count). The topological polar surface area (TPSA) is 318 Å². The number of aliphatic hydroxyl groups is 11. The smallest absolute Gasteiger partial charge is 0.111 e. The lowest BCUT2D eigenvalue weighted by molar-refractivity contribution is -0.131. The molecule has 19 heteroatoms. The van der Waals surface area contributed by atoms with Crippen LogP contribution in [0.4, 0.5) is 0 Å². The third-order valence-electron chi connectivity index (χ3n) is 6.28. The van der Waals surface area contributed by atoms with Gasteiger partial charge in [-0.15, -0.1) is 0 Å². The quantitative estimate of drug-likeness (QED) is 0.0201. The Bertz CT molecular complexity index is 714. The van der Waals surface area contributed by atoms with E-state index in [-0.39, 0.29) is 52.7 Å². The van der Waals surface area contributed by atoms with Crippen molar-refractivity contribution in [3.63, 3.8) is 0 Å². The zero-order valence-corrected chi connectivity index (χ0v) is 25.8. The molecule has 0 heterocycles. The van der Waals surface area contributed by atoms with Crippen LogP contribution >= 0.6 is 0 Å². The Balaban J connectivity index is 4.44. The summed E-state index contributed by atoms with van der Waals surface area (Å²) >= 11 is 0. The van der Waals surface area contributed by atoms with Gasteiger partial charge in [-0.25, -0.2) is 5.84 Å². The second-order valence-corrected chi connectivity index (χ2v) is 10.5. The molecule has 0 fully saturated rings. The summed E-state index contributed by atoms with van der Waals surface area (Å²) in [5.41, 5.74) is 6.17. The first-order valence-corrected chi connectivity index (χ1v) is 14.6. The Kier molecular flexibility index (Phi) is 24.9. The Morgan fingerprint density at radius 3 is 1.38 bits per heavy atom. The Hall–Kier alpha value is -1.34. The van der Waals surface area contributed by atoms with Crippen molar-refractivity contribution in [2.45, 2.75) is 61.9 Å². The fourth-order valence-electron chi connectivity index (χ4n) is 3.78. The van der Waals surface area contributed by atoms with E-state index in [0.717, 1.165) is 0 Å². The van der Waals surface area contributed by atoms with Crippen molar-refractivity contribution in [3.05, 3.63) is 11.9 Å². The highest BCUT2D eigenvalue weighted by Crippen LogP contribution is 2.11. The van der Waals surface area contributed by atoms with Crippen molar-refractivity contribution in [1.29, 1.82) is 0 Å². The number of hydrazine groups is 1. The first-order valence-electron chi connectivity index (χ1n) is 14.6. The molecule has 0 aliphatic carbocycles. The van der Waals surface area contributed by atoms with Gasteiger partial charge in [-0.1, -0.05) is 0 Å². The molecule has 0 aromatic carbocycles. The summed E-state index contributed by atoms with van der Waals surface area (Å²) in [5.74, 6) is 5.66. The van der Waals surface area contributed by atoms with Crippen molar-refractivity contribution in [1.82, 2.24) is 9.91 Å². The first-order chi connectivity index (χ1) is 21.2. The Morgan fingerprint density at radius 1 is 0.600 bits per heavy atom. The lowest BCUT2D eigenvalue weighted by Gasteiger charge is -2.33. The van der Waals surface area contributed by atoms with Crippen molar-refractivity contribution >= 4 is 0 Å². The third kappa shape index (κ3) is 20.5. The molecule has 0 radical (unpaired) electrons. The molecule has 0 aromatic heterocycles. The summed E-state index contributed by atoms with van der Waals surface area (Å²) in [6, 6.07) is 0. The van der Waals surface area contributed by atoms with Gasteiger partial charge in [0.1, 0.15) is 36.6 Å². The van der Waals surface area contributed by atoms with Crippen LogP contribution in [0, 0.1) is 0 Å². The number of rotatable bonds is 29. The van der Waals surface area contributed by atoms with Crippen molar-refractivity contribution < 1.29 is 75.1 Å². The Labute approximate surface area is 263 Å². The van der Waals surface area contributed by atoms with Gasteiger partial charge in [-0.3, -0.25) is 4.90 Å². The molecule has 270 valence electrons. The maximum atomic E-state index is 10.3. The van der Waals surface area contributed by atoms with Crippen molar-refractivity contribution in [2.24, 2.45) is 11.6 Å². The van der Waals surface area contributed by atoms with E-state index in [1.807, 2.05) is 0 Å². The summed E-state index contributed by atoms with van der Waals surface area (Å²) in [6.07, 6.45) is -13.4. The van der Waals surface area contributed by atoms with Gasteiger partial charge in [0.2, 0.25) is 0 Å². The molecule has 0 saturated carbocycles. The molecule has 0 amide bonds. The number of aliphatic hydroxyl groups excluding tert-OH is 11. The number of hydrogen-bond donors (Lipinski definition) is 13. The highest BCUT2D eigenvalue weighted by Gasteiger charge is 2.34. The average Bonchev–Trinajstić information content (AvgIpc) is 2.99. The van der Waals surface area contributed by atoms with Crippen LogP contribution in [-0.2, 0) is 18.9 Å². The van der Waals surface area contributed by atoms with E-state index >= 15 is 0 Å². The minimum absolute atomic E-state index is 0.0253.